The summed E-state index contributed by atoms with van der Waals surface area (Å²) in [6.07, 6.45) is 4.50. The largest absolute Gasteiger partial charge is 0.269 e. The number of aliphatic imine (C=N–C) groups is 1. The first-order chi connectivity index (χ1) is 3.89. The number of nitrogens with zero attached hydrogens (tertiary/aromatic N) is 1. The van der Waals surface area contributed by atoms with Gasteiger partial charge in [0.25, 0.3) is 5.91 Å². The summed E-state index contributed by atoms with van der Waals surface area (Å²) in [5, 5.41) is 0. The zero-order valence-electron chi connectivity index (χ0n) is 4.50. The summed E-state index contributed by atoms with van der Waals surface area (Å²) >= 11 is 0. The van der Waals surface area contributed by atoms with Gasteiger partial charge >= 0.3 is 0 Å². The van der Waals surface area contributed by atoms with Crippen molar-refractivity contribution in [3.05, 3.63) is 25.3 Å². The molecular formula is C6H7NO. The van der Waals surface area contributed by atoms with E-state index in [1.165, 1.54) is 12.3 Å². The second-order valence-corrected chi connectivity index (χ2v) is 0.976. The number of carbonyl (C=O) groups is 1. The van der Waals surface area contributed by atoms with E-state index in [1.807, 2.05) is 0 Å². The lowest BCUT2D eigenvalue weighted by Crippen LogP contribution is -1.75. The molecule has 1 heterocycles. The van der Waals surface area contributed by atoms with Crippen LogP contribution in [0.2, 0.25) is 0 Å². The van der Waals surface area contributed by atoms with Gasteiger partial charge in [-0.05, 0) is 6.08 Å². The van der Waals surface area contributed by atoms with Crippen LogP contribution >= 0.6 is 0 Å². The SMILES string of the molecule is C=C.O=C1C=CC=N1. The Balaban J connectivity index is 0.000000222. The summed E-state index contributed by atoms with van der Waals surface area (Å²) in [5.74, 6) is -0.157. The predicted octanol–water partition coefficient (Wildman–Crippen LogP) is 0.956. The van der Waals surface area contributed by atoms with Crippen LogP contribution in [0.25, 0.3) is 0 Å². The quantitative estimate of drug-likeness (QED) is 0.426. The monoisotopic (exact) mass is 109 g/mol. The lowest BCUT2D eigenvalue weighted by atomic mass is 10.6. The van der Waals surface area contributed by atoms with E-state index in [9.17, 15) is 4.79 Å². The molecule has 2 heteroatoms. The number of hydrogen-bond donors (Lipinski definition) is 0. The molecular weight excluding hydrogens is 102 g/mol. The third kappa shape index (κ3) is 2.08. The normalized spacial score (nSPS) is 13.2. The summed E-state index contributed by atoms with van der Waals surface area (Å²) in [5.41, 5.74) is 0. The maximum Gasteiger partial charge on any atom is 0.269 e. The van der Waals surface area contributed by atoms with Crippen molar-refractivity contribution in [2.45, 2.75) is 0 Å². The van der Waals surface area contributed by atoms with Crippen LogP contribution in [0.15, 0.2) is 30.3 Å². The number of allylic oxidation sites excluding steroid dienone is 1. The minimum absolute atomic E-state index is 0.157. The highest BCUT2D eigenvalue weighted by molar-refractivity contribution is 6.03. The Bertz CT molecular complexity index is 121. The summed E-state index contributed by atoms with van der Waals surface area (Å²) in [7, 11) is 0. The third-order valence-corrected chi connectivity index (χ3v) is 0.527. The Morgan fingerprint density at radius 2 is 2.12 bits per heavy atom. The smallest absolute Gasteiger partial charge is 0.267 e. The molecule has 0 aromatic heterocycles. The van der Waals surface area contributed by atoms with Gasteiger partial charge in [0.2, 0.25) is 0 Å². The highest BCUT2D eigenvalue weighted by Gasteiger charge is 1.90. The van der Waals surface area contributed by atoms with Gasteiger partial charge in [-0.3, -0.25) is 4.79 Å². The second kappa shape index (κ2) is 3.99. The fourth-order valence-electron chi connectivity index (χ4n) is 0.285. The molecule has 0 radical (unpaired) electrons. The van der Waals surface area contributed by atoms with Crippen LogP contribution in [0.1, 0.15) is 0 Å². The molecule has 42 valence electrons. The minimum atomic E-state index is -0.157. The van der Waals surface area contributed by atoms with Gasteiger partial charge in [-0.15, -0.1) is 13.2 Å². The molecule has 0 bridgehead atoms. The van der Waals surface area contributed by atoms with Crippen LogP contribution < -0.4 is 0 Å². The molecule has 0 aromatic carbocycles. The zero-order chi connectivity index (χ0) is 6.41. The molecule has 0 aliphatic carbocycles. The lowest BCUT2D eigenvalue weighted by molar-refractivity contribution is -0.113. The molecule has 0 saturated carbocycles. The molecule has 2 nitrogen and oxygen atoms in total. The maximum absolute atomic E-state index is 9.96. The van der Waals surface area contributed by atoms with Crippen LogP contribution in [0.4, 0.5) is 0 Å². The van der Waals surface area contributed by atoms with Crippen LogP contribution in [0.3, 0.4) is 0 Å². The molecule has 0 N–H and O–H groups in total. The standard InChI is InChI=1S/C4H3NO.C2H4/c6-4-2-1-3-5-4;1-2/h1-3H;1-2H2. The third-order valence-electron chi connectivity index (χ3n) is 0.527. The average Bonchev–Trinajstić information content (AvgIpc) is 2.24. The fraction of sp³-hybridized carbons (Fsp3) is 0. The van der Waals surface area contributed by atoms with Gasteiger partial charge in [-0.25, -0.2) is 4.99 Å². The van der Waals surface area contributed by atoms with Crippen LogP contribution in [-0.4, -0.2) is 12.1 Å². The van der Waals surface area contributed by atoms with Gasteiger partial charge in [0, 0.05) is 12.3 Å². The molecule has 1 aliphatic rings. The predicted molar refractivity (Wildman–Crippen MR) is 33.9 cm³/mol. The first-order valence-corrected chi connectivity index (χ1v) is 2.14. The molecule has 0 saturated heterocycles. The maximum atomic E-state index is 9.96. The van der Waals surface area contributed by atoms with E-state index in [2.05, 4.69) is 18.2 Å². The first kappa shape index (κ1) is 6.82. The van der Waals surface area contributed by atoms with Crippen LogP contribution in [-0.2, 0) is 4.79 Å². The van der Waals surface area contributed by atoms with Gasteiger partial charge in [0.1, 0.15) is 0 Å². The van der Waals surface area contributed by atoms with Crippen molar-refractivity contribution in [1.29, 1.82) is 0 Å². The van der Waals surface area contributed by atoms with Crippen LogP contribution in [0.5, 0.6) is 0 Å². The van der Waals surface area contributed by atoms with E-state index in [0.29, 0.717) is 0 Å². The molecule has 0 spiro atoms. The second-order valence-electron chi connectivity index (χ2n) is 0.976. The van der Waals surface area contributed by atoms with Crippen molar-refractivity contribution in [2.75, 3.05) is 0 Å². The summed E-state index contributed by atoms with van der Waals surface area (Å²) in [6.45, 7) is 6.00. The fourth-order valence-corrected chi connectivity index (χ4v) is 0.285. The van der Waals surface area contributed by atoms with Crippen molar-refractivity contribution in [3.63, 3.8) is 0 Å². The molecule has 0 atom stereocenters. The molecule has 0 unspecified atom stereocenters. The molecule has 1 rings (SSSR count). The van der Waals surface area contributed by atoms with Crippen molar-refractivity contribution < 1.29 is 4.79 Å². The van der Waals surface area contributed by atoms with E-state index in [0.717, 1.165) is 0 Å². The topological polar surface area (TPSA) is 29.4 Å². The van der Waals surface area contributed by atoms with Gasteiger partial charge in [0.15, 0.2) is 0 Å². The van der Waals surface area contributed by atoms with Crippen molar-refractivity contribution in [3.8, 4) is 0 Å². The Morgan fingerprint density at radius 1 is 1.50 bits per heavy atom. The molecule has 1 amide bonds. The summed E-state index contributed by atoms with van der Waals surface area (Å²) < 4.78 is 0. The van der Waals surface area contributed by atoms with Crippen molar-refractivity contribution >= 4 is 12.1 Å². The molecule has 1 aliphatic heterocycles. The van der Waals surface area contributed by atoms with E-state index in [-0.39, 0.29) is 5.91 Å². The summed E-state index contributed by atoms with van der Waals surface area (Å²) in [4.78, 5) is 13.3. The highest BCUT2D eigenvalue weighted by atomic mass is 16.1. The van der Waals surface area contributed by atoms with Crippen molar-refractivity contribution in [2.24, 2.45) is 4.99 Å². The Hall–Kier alpha value is -1.18. The number of carbonyl (C=O) groups excluding carboxylic acids is 1. The Morgan fingerprint density at radius 3 is 2.25 bits per heavy atom. The number of amides is 1. The van der Waals surface area contributed by atoms with E-state index in [4.69, 9.17) is 0 Å². The highest BCUT2D eigenvalue weighted by Crippen LogP contribution is 1.83. The van der Waals surface area contributed by atoms with Gasteiger partial charge < -0.3 is 0 Å². The number of rotatable bonds is 0. The Kier molecular flexibility index (Phi) is 3.40. The lowest BCUT2D eigenvalue weighted by Gasteiger charge is -1.62. The van der Waals surface area contributed by atoms with Gasteiger partial charge in [-0.1, -0.05) is 0 Å². The van der Waals surface area contributed by atoms with E-state index < -0.39 is 0 Å². The summed E-state index contributed by atoms with van der Waals surface area (Å²) in [6, 6.07) is 0. The van der Waals surface area contributed by atoms with Crippen LogP contribution in [0, 0.1) is 0 Å². The first-order valence-electron chi connectivity index (χ1n) is 2.14. The van der Waals surface area contributed by atoms with Crippen molar-refractivity contribution in [1.82, 2.24) is 0 Å². The van der Waals surface area contributed by atoms with E-state index in [1.54, 1.807) is 6.08 Å². The van der Waals surface area contributed by atoms with E-state index >= 15 is 0 Å². The Labute approximate surface area is 48.2 Å². The van der Waals surface area contributed by atoms with Gasteiger partial charge in [-0.2, -0.15) is 0 Å². The average molecular weight is 109 g/mol. The van der Waals surface area contributed by atoms with Gasteiger partial charge in [0.05, 0.1) is 0 Å². The molecule has 0 fully saturated rings. The zero-order valence-corrected chi connectivity index (χ0v) is 4.50. The minimum Gasteiger partial charge on any atom is -0.267 e. The number of hydrogen-bond acceptors (Lipinski definition) is 1. The molecule has 0 aromatic rings. The molecule has 8 heavy (non-hydrogen) atoms.